The molecule has 0 aliphatic carbocycles. The van der Waals surface area contributed by atoms with Gasteiger partial charge < -0.3 is 10.4 Å². The maximum absolute atomic E-state index is 12.8. The lowest BCUT2D eigenvalue weighted by Gasteiger charge is -2.19. The Labute approximate surface area is 184 Å². The van der Waals surface area contributed by atoms with Crippen LogP contribution in [0, 0.1) is 25.2 Å². The highest BCUT2D eigenvalue weighted by Gasteiger charge is 2.27. The van der Waals surface area contributed by atoms with E-state index in [1.165, 1.54) is 11.3 Å². The van der Waals surface area contributed by atoms with Crippen molar-refractivity contribution in [1.82, 2.24) is 20.1 Å². The number of nitrogens with zero attached hydrogens (tertiary/aromatic N) is 3. The Hall–Kier alpha value is -3.22. The van der Waals surface area contributed by atoms with Crippen molar-refractivity contribution in [2.75, 3.05) is 18.5 Å². The molecule has 0 saturated carbocycles. The minimum absolute atomic E-state index is 0.130. The second-order valence-electron chi connectivity index (χ2n) is 8.18. The molecule has 0 saturated heterocycles. The summed E-state index contributed by atoms with van der Waals surface area (Å²) in [5, 5.41) is 19.6. The molecule has 2 amide bonds. The molecule has 2 aromatic heterocycles. The van der Waals surface area contributed by atoms with Crippen molar-refractivity contribution in [2.45, 2.75) is 33.2 Å². The lowest BCUT2D eigenvalue weighted by atomic mass is 10.1. The summed E-state index contributed by atoms with van der Waals surface area (Å²) in [6, 6.07) is 7.22. The van der Waals surface area contributed by atoms with Gasteiger partial charge in [0.1, 0.15) is 4.70 Å². The number of aliphatic hydroxyl groups excluding tert-OH is 1. The van der Waals surface area contributed by atoms with E-state index in [2.05, 4.69) is 26.6 Å². The number of carbonyl (C=O) groups excluding carboxylic acids is 2. The number of thiazole rings is 1. The van der Waals surface area contributed by atoms with Gasteiger partial charge in [0.25, 0.3) is 11.8 Å². The zero-order valence-corrected chi connectivity index (χ0v) is 18.7. The Balaban J connectivity index is 1.92. The monoisotopic (exact) mass is 439 g/mol. The molecule has 3 aromatic rings. The standard InChI is InChI=1S/C22H25N5O3S/c1-6-14(12-28)11-23-20(30)16-17-18(27(26-16)22(3,4)5)24-21(31-17)25-19(29)15-9-7-13(2)8-10-15/h1,7-10,14,28H,11-12H2,2-5H3,(H,23,30)(H,24,25,29)/t14-/m0/s1. The lowest BCUT2D eigenvalue weighted by molar-refractivity contribution is 0.0940. The van der Waals surface area contributed by atoms with E-state index < -0.39 is 17.4 Å². The average molecular weight is 440 g/mol. The lowest BCUT2D eigenvalue weighted by Crippen LogP contribution is -2.31. The maximum Gasteiger partial charge on any atom is 0.273 e. The summed E-state index contributed by atoms with van der Waals surface area (Å²) >= 11 is 1.18. The molecule has 2 heterocycles. The fourth-order valence-electron chi connectivity index (χ4n) is 2.82. The maximum atomic E-state index is 12.8. The topological polar surface area (TPSA) is 109 Å². The van der Waals surface area contributed by atoms with E-state index in [0.717, 1.165) is 5.56 Å². The molecule has 1 aromatic carbocycles. The van der Waals surface area contributed by atoms with Crippen molar-refractivity contribution in [3.63, 3.8) is 0 Å². The SMILES string of the molecule is C#C[C@H](CO)CNC(=O)c1nn(C(C)(C)C)c2nc(NC(=O)c3ccc(C)cc3)sc12. The number of anilines is 1. The van der Waals surface area contributed by atoms with Crippen LogP contribution >= 0.6 is 11.3 Å². The molecule has 0 bridgehead atoms. The van der Waals surface area contributed by atoms with Crippen LogP contribution in [-0.2, 0) is 5.54 Å². The molecule has 31 heavy (non-hydrogen) atoms. The Kier molecular flexibility index (Phi) is 6.43. The molecule has 0 aliphatic rings. The molecular weight excluding hydrogens is 414 g/mol. The summed E-state index contributed by atoms with van der Waals surface area (Å²) < 4.78 is 2.23. The molecule has 1 atom stereocenters. The second-order valence-corrected chi connectivity index (χ2v) is 9.18. The van der Waals surface area contributed by atoms with Gasteiger partial charge in [-0.15, -0.1) is 6.42 Å². The molecule has 3 N–H and O–H groups in total. The third-order valence-corrected chi connectivity index (χ3v) is 5.54. The summed E-state index contributed by atoms with van der Waals surface area (Å²) in [4.78, 5) is 29.9. The Morgan fingerprint density at radius 3 is 2.52 bits per heavy atom. The van der Waals surface area contributed by atoms with Gasteiger partial charge in [0, 0.05) is 12.1 Å². The number of hydrogen-bond donors (Lipinski definition) is 3. The van der Waals surface area contributed by atoms with Crippen molar-refractivity contribution < 1.29 is 14.7 Å². The van der Waals surface area contributed by atoms with E-state index in [1.54, 1.807) is 16.8 Å². The van der Waals surface area contributed by atoms with Crippen molar-refractivity contribution in [3.8, 4) is 12.3 Å². The smallest absolute Gasteiger partial charge is 0.273 e. The quantitative estimate of drug-likeness (QED) is 0.512. The number of hydrogen-bond acceptors (Lipinski definition) is 6. The highest BCUT2D eigenvalue weighted by atomic mass is 32.1. The van der Waals surface area contributed by atoms with Crippen LogP contribution < -0.4 is 10.6 Å². The average Bonchev–Trinajstić information content (AvgIpc) is 3.27. The zero-order valence-electron chi connectivity index (χ0n) is 17.9. The predicted molar refractivity (Wildman–Crippen MR) is 121 cm³/mol. The normalized spacial score (nSPS) is 12.4. The number of benzene rings is 1. The van der Waals surface area contributed by atoms with E-state index in [1.807, 2.05) is 39.8 Å². The molecule has 0 spiro atoms. The van der Waals surface area contributed by atoms with Crippen molar-refractivity contribution in [1.29, 1.82) is 0 Å². The summed E-state index contributed by atoms with van der Waals surface area (Å²) in [6.45, 7) is 7.71. The first kappa shape index (κ1) is 22.5. The third-order valence-electron chi connectivity index (χ3n) is 4.57. The Morgan fingerprint density at radius 1 is 1.26 bits per heavy atom. The van der Waals surface area contributed by atoms with E-state index in [-0.39, 0.29) is 24.8 Å². The van der Waals surface area contributed by atoms with Crippen LogP contribution in [0.5, 0.6) is 0 Å². The van der Waals surface area contributed by atoms with Crippen LogP contribution in [0.25, 0.3) is 10.3 Å². The molecule has 8 nitrogen and oxygen atoms in total. The summed E-state index contributed by atoms with van der Waals surface area (Å²) in [7, 11) is 0. The van der Waals surface area contributed by atoms with Gasteiger partial charge in [0.15, 0.2) is 16.5 Å². The van der Waals surface area contributed by atoms with E-state index in [0.29, 0.717) is 21.0 Å². The second kappa shape index (κ2) is 8.88. The number of aliphatic hydroxyl groups is 1. The highest BCUT2D eigenvalue weighted by Crippen LogP contribution is 2.32. The number of terminal acetylenes is 1. The number of rotatable bonds is 6. The first-order chi connectivity index (χ1) is 14.6. The van der Waals surface area contributed by atoms with Crippen LogP contribution in [0.15, 0.2) is 24.3 Å². The fraction of sp³-hybridized carbons (Fsp3) is 0.364. The van der Waals surface area contributed by atoms with E-state index in [4.69, 9.17) is 6.42 Å². The van der Waals surface area contributed by atoms with Crippen LogP contribution in [0.1, 0.15) is 47.2 Å². The summed E-state index contributed by atoms with van der Waals surface area (Å²) in [5.74, 6) is 1.25. The van der Waals surface area contributed by atoms with Crippen molar-refractivity contribution in [2.24, 2.45) is 5.92 Å². The Morgan fingerprint density at radius 2 is 1.94 bits per heavy atom. The number of amides is 2. The first-order valence-electron chi connectivity index (χ1n) is 9.77. The van der Waals surface area contributed by atoms with E-state index >= 15 is 0 Å². The summed E-state index contributed by atoms with van der Waals surface area (Å²) in [6.07, 6.45) is 5.34. The molecule has 0 aliphatic heterocycles. The first-order valence-corrected chi connectivity index (χ1v) is 10.6. The van der Waals surface area contributed by atoms with Gasteiger partial charge in [-0.25, -0.2) is 4.68 Å². The number of aromatic nitrogens is 3. The van der Waals surface area contributed by atoms with Crippen LogP contribution in [0.2, 0.25) is 0 Å². The van der Waals surface area contributed by atoms with Gasteiger partial charge in [0.05, 0.1) is 18.1 Å². The van der Waals surface area contributed by atoms with Gasteiger partial charge in [-0.3, -0.25) is 14.9 Å². The van der Waals surface area contributed by atoms with Gasteiger partial charge >= 0.3 is 0 Å². The van der Waals surface area contributed by atoms with Crippen LogP contribution in [0.3, 0.4) is 0 Å². The molecule has 3 rings (SSSR count). The Bertz CT molecular complexity index is 1150. The van der Waals surface area contributed by atoms with Crippen molar-refractivity contribution >= 4 is 38.6 Å². The molecule has 0 radical (unpaired) electrons. The third kappa shape index (κ3) is 4.93. The molecule has 0 fully saturated rings. The predicted octanol–water partition coefficient (Wildman–Crippen LogP) is 2.78. The molecule has 0 unspecified atom stereocenters. The summed E-state index contributed by atoms with van der Waals surface area (Å²) in [5.41, 5.74) is 1.86. The van der Waals surface area contributed by atoms with Gasteiger partial charge in [-0.1, -0.05) is 35.0 Å². The molecule has 162 valence electrons. The van der Waals surface area contributed by atoms with Gasteiger partial charge in [-0.05, 0) is 39.8 Å². The van der Waals surface area contributed by atoms with Crippen LogP contribution in [-0.4, -0.2) is 44.8 Å². The largest absolute Gasteiger partial charge is 0.395 e. The minimum atomic E-state index is -0.477. The van der Waals surface area contributed by atoms with Gasteiger partial charge in [0.2, 0.25) is 0 Å². The highest BCUT2D eigenvalue weighted by molar-refractivity contribution is 7.22. The van der Waals surface area contributed by atoms with Crippen molar-refractivity contribution in [3.05, 3.63) is 41.1 Å². The number of nitrogens with one attached hydrogen (secondary N) is 2. The van der Waals surface area contributed by atoms with Gasteiger partial charge in [-0.2, -0.15) is 10.1 Å². The zero-order chi connectivity index (χ0) is 22.8. The molecular formula is C22H25N5O3S. The fourth-order valence-corrected chi connectivity index (χ4v) is 3.75. The van der Waals surface area contributed by atoms with Crippen LogP contribution in [0.4, 0.5) is 5.13 Å². The van der Waals surface area contributed by atoms with E-state index in [9.17, 15) is 14.7 Å². The number of carbonyl (C=O) groups is 2. The minimum Gasteiger partial charge on any atom is -0.395 e. The number of fused-ring (bicyclic) bond motifs is 1. The molecule has 9 heteroatoms. The number of aryl methyl sites for hydroxylation is 1.